The van der Waals surface area contributed by atoms with Crippen LogP contribution in [0.15, 0.2) is 29.6 Å². The summed E-state index contributed by atoms with van der Waals surface area (Å²) in [6, 6.07) is 4.90. The van der Waals surface area contributed by atoms with Crippen molar-refractivity contribution in [3.05, 3.63) is 51.5 Å². The summed E-state index contributed by atoms with van der Waals surface area (Å²) in [6.45, 7) is 1.73. The second-order valence-corrected chi connectivity index (χ2v) is 5.62. The fourth-order valence-corrected chi connectivity index (χ4v) is 2.95. The molecule has 0 bridgehead atoms. The van der Waals surface area contributed by atoms with Gasteiger partial charge in [-0.3, -0.25) is 14.5 Å². The second-order valence-electron chi connectivity index (χ2n) is 4.56. The summed E-state index contributed by atoms with van der Waals surface area (Å²) in [4.78, 5) is 41.1. The molecule has 0 saturated carbocycles. The number of amides is 2. The molecule has 1 aromatic carbocycles. The molecule has 106 valence electrons. The minimum Gasteiger partial charge on any atom is -0.479 e. The summed E-state index contributed by atoms with van der Waals surface area (Å²) in [5.74, 6) is -2.49. The fraction of sp³-hybridized carbons (Fsp3) is 0.143. The van der Waals surface area contributed by atoms with Crippen molar-refractivity contribution in [3.63, 3.8) is 0 Å². The van der Waals surface area contributed by atoms with Gasteiger partial charge in [-0.1, -0.05) is 12.1 Å². The monoisotopic (exact) mass is 302 g/mol. The Bertz CT molecular complexity index is 733. The quantitative estimate of drug-likeness (QED) is 0.875. The minimum absolute atomic E-state index is 0.194. The van der Waals surface area contributed by atoms with E-state index in [-0.39, 0.29) is 16.8 Å². The van der Waals surface area contributed by atoms with E-state index >= 15 is 0 Å². The van der Waals surface area contributed by atoms with Gasteiger partial charge in [0.2, 0.25) is 0 Å². The summed E-state index contributed by atoms with van der Waals surface area (Å²) in [5.41, 5.74) is 0.640. The summed E-state index contributed by atoms with van der Waals surface area (Å²) in [5, 5.41) is 11.7. The molecule has 0 fully saturated rings. The van der Waals surface area contributed by atoms with E-state index in [1.54, 1.807) is 24.4 Å². The lowest BCUT2D eigenvalue weighted by Crippen LogP contribution is -2.38. The third kappa shape index (κ3) is 2.02. The maximum absolute atomic E-state index is 12.4. The van der Waals surface area contributed by atoms with Crippen molar-refractivity contribution in [2.75, 3.05) is 0 Å². The van der Waals surface area contributed by atoms with E-state index in [2.05, 4.69) is 4.98 Å². The zero-order valence-corrected chi connectivity index (χ0v) is 11.8. The second kappa shape index (κ2) is 4.78. The van der Waals surface area contributed by atoms with Gasteiger partial charge in [0, 0.05) is 5.38 Å². The van der Waals surface area contributed by atoms with E-state index in [0.29, 0.717) is 5.01 Å². The Kier molecular flexibility index (Phi) is 3.06. The Morgan fingerprint density at radius 1 is 1.24 bits per heavy atom. The van der Waals surface area contributed by atoms with E-state index in [1.165, 1.54) is 23.5 Å². The standard InChI is InChI=1S/C14H10N2O4S/c1-7-15-10(6-21-7)11(14(19)20)16-12(17)8-4-2-3-5-9(8)13(16)18/h2-6,11H,1H3,(H,19,20). The molecule has 0 aliphatic carbocycles. The first-order chi connectivity index (χ1) is 10.0. The summed E-state index contributed by atoms with van der Waals surface area (Å²) < 4.78 is 0. The SMILES string of the molecule is Cc1nc(C(C(=O)O)N2C(=O)c3ccccc3C2=O)cs1. The predicted molar refractivity (Wildman–Crippen MR) is 74.2 cm³/mol. The maximum Gasteiger partial charge on any atom is 0.333 e. The fourth-order valence-electron chi connectivity index (χ4n) is 2.32. The molecule has 21 heavy (non-hydrogen) atoms. The van der Waals surface area contributed by atoms with Crippen LogP contribution in [0.1, 0.15) is 37.5 Å². The van der Waals surface area contributed by atoms with E-state index in [9.17, 15) is 19.5 Å². The van der Waals surface area contributed by atoms with E-state index in [4.69, 9.17) is 0 Å². The first-order valence-electron chi connectivity index (χ1n) is 6.12. The van der Waals surface area contributed by atoms with Crippen LogP contribution in [0.5, 0.6) is 0 Å². The molecule has 3 rings (SSSR count). The van der Waals surface area contributed by atoms with Crippen LogP contribution < -0.4 is 0 Å². The van der Waals surface area contributed by atoms with Crippen LogP contribution in [0.2, 0.25) is 0 Å². The van der Waals surface area contributed by atoms with Gasteiger partial charge in [-0.15, -0.1) is 11.3 Å². The zero-order valence-electron chi connectivity index (χ0n) is 10.9. The van der Waals surface area contributed by atoms with Crippen molar-refractivity contribution in [1.29, 1.82) is 0 Å². The molecule has 1 aliphatic rings. The number of hydrogen-bond acceptors (Lipinski definition) is 5. The van der Waals surface area contributed by atoms with Crippen LogP contribution in [0.3, 0.4) is 0 Å². The molecule has 2 aromatic rings. The van der Waals surface area contributed by atoms with E-state index < -0.39 is 23.8 Å². The summed E-state index contributed by atoms with van der Waals surface area (Å²) in [7, 11) is 0. The number of carboxylic acid groups (broad SMARTS) is 1. The minimum atomic E-state index is -1.40. The Morgan fingerprint density at radius 2 is 1.81 bits per heavy atom. The number of aromatic nitrogens is 1. The molecular weight excluding hydrogens is 292 g/mol. The number of imide groups is 1. The number of aliphatic carboxylic acids is 1. The van der Waals surface area contributed by atoms with Crippen molar-refractivity contribution in [3.8, 4) is 0 Å². The van der Waals surface area contributed by atoms with Gasteiger partial charge in [0.1, 0.15) is 0 Å². The normalized spacial score (nSPS) is 15.2. The molecule has 0 spiro atoms. The molecule has 1 N–H and O–H groups in total. The molecule has 2 amide bonds. The number of carbonyl (C=O) groups excluding carboxylic acids is 2. The number of nitrogens with zero attached hydrogens (tertiary/aromatic N) is 2. The molecule has 1 aliphatic heterocycles. The van der Waals surface area contributed by atoms with Crippen LogP contribution in [-0.4, -0.2) is 32.8 Å². The molecule has 2 heterocycles. The highest BCUT2D eigenvalue weighted by Crippen LogP contribution is 2.31. The van der Waals surface area contributed by atoms with Gasteiger partial charge in [0.15, 0.2) is 6.04 Å². The Hall–Kier alpha value is -2.54. The number of rotatable bonds is 3. The van der Waals surface area contributed by atoms with Gasteiger partial charge >= 0.3 is 5.97 Å². The molecule has 7 heteroatoms. The highest BCUT2D eigenvalue weighted by Gasteiger charge is 2.44. The van der Waals surface area contributed by atoms with E-state index in [0.717, 1.165) is 4.90 Å². The van der Waals surface area contributed by atoms with Crippen LogP contribution in [0, 0.1) is 6.92 Å². The highest BCUT2D eigenvalue weighted by atomic mass is 32.1. The van der Waals surface area contributed by atoms with Gasteiger partial charge in [-0.25, -0.2) is 9.78 Å². The number of hydrogen-bond donors (Lipinski definition) is 1. The molecule has 1 unspecified atom stereocenters. The van der Waals surface area contributed by atoms with Crippen molar-refractivity contribution >= 4 is 29.1 Å². The number of benzene rings is 1. The topological polar surface area (TPSA) is 87.6 Å². The number of aryl methyl sites for hydroxylation is 1. The maximum atomic E-state index is 12.4. The lowest BCUT2D eigenvalue weighted by Gasteiger charge is -2.20. The Morgan fingerprint density at radius 3 is 2.24 bits per heavy atom. The largest absolute Gasteiger partial charge is 0.479 e. The summed E-state index contributed by atoms with van der Waals surface area (Å²) >= 11 is 1.27. The molecule has 1 atom stereocenters. The molecular formula is C14H10N2O4S. The first-order valence-corrected chi connectivity index (χ1v) is 7.00. The lowest BCUT2D eigenvalue weighted by molar-refractivity contribution is -0.141. The third-order valence-corrected chi connectivity index (χ3v) is 4.03. The molecule has 0 saturated heterocycles. The first kappa shape index (κ1) is 13.4. The van der Waals surface area contributed by atoms with Crippen molar-refractivity contribution < 1.29 is 19.5 Å². The molecule has 0 radical (unpaired) electrons. The summed E-state index contributed by atoms with van der Waals surface area (Å²) in [6.07, 6.45) is 0. The number of carboxylic acids is 1. The average Bonchev–Trinajstić information content (AvgIpc) is 2.97. The smallest absolute Gasteiger partial charge is 0.333 e. The zero-order chi connectivity index (χ0) is 15.1. The van der Waals surface area contributed by atoms with Gasteiger partial charge in [0.05, 0.1) is 21.8 Å². The van der Waals surface area contributed by atoms with Crippen molar-refractivity contribution in [1.82, 2.24) is 9.88 Å². The Balaban J connectivity index is 2.09. The van der Waals surface area contributed by atoms with Crippen molar-refractivity contribution in [2.24, 2.45) is 0 Å². The van der Waals surface area contributed by atoms with Crippen LogP contribution in [0.4, 0.5) is 0 Å². The van der Waals surface area contributed by atoms with Crippen molar-refractivity contribution in [2.45, 2.75) is 13.0 Å². The van der Waals surface area contributed by atoms with Gasteiger partial charge < -0.3 is 5.11 Å². The number of carbonyl (C=O) groups is 3. The van der Waals surface area contributed by atoms with Crippen LogP contribution in [0.25, 0.3) is 0 Å². The van der Waals surface area contributed by atoms with Crippen LogP contribution >= 0.6 is 11.3 Å². The van der Waals surface area contributed by atoms with Gasteiger partial charge in [-0.2, -0.15) is 0 Å². The molecule has 1 aromatic heterocycles. The predicted octanol–water partition coefficient (Wildman–Crippen LogP) is 1.87. The van der Waals surface area contributed by atoms with Crippen LogP contribution in [-0.2, 0) is 4.79 Å². The van der Waals surface area contributed by atoms with E-state index in [1.807, 2.05) is 0 Å². The third-order valence-electron chi connectivity index (χ3n) is 3.23. The molecule has 6 nitrogen and oxygen atoms in total. The highest BCUT2D eigenvalue weighted by molar-refractivity contribution is 7.09. The van der Waals surface area contributed by atoms with Gasteiger partial charge in [0.25, 0.3) is 11.8 Å². The lowest BCUT2D eigenvalue weighted by atomic mass is 10.1. The van der Waals surface area contributed by atoms with Gasteiger partial charge in [-0.05, 0) is 19.1 Å². The Labute approximate surface area is 123 Å². The average molecular weight is 302 g/mol. The number of thiazole rings is 1. The number of fused-ring (bicyclic) bond motifs is 1.